The van der Waals surface area contributed by atoms with E-state index in [-0.39, 0.29) is 0 Å². The van der Waals surface area contributed by atoms with Crippen molar-refractivity contribution in [3.8, 4) is 0 Å². The van der Waals surface area contributed by atoms with Crippen LogP contribution < -0.4 is 0 Å². The number of pyridine rings is 1. The highest BCUT2D eigenvalue weighted by Gasteiger charge is 2.11. The minimum absolute atomic E-state index is 0.523. The molecule has 1 aromatic heterocycles. The lowest BCUT2D eigenvalue weighted by Crippen LogP contribution is -1.96. The largest absolute Gasteiger partial charge is 0.305 e. The molecule has 0 amide bonds. The molecule has 2 unspecified atom stereocenters. The second-order valence-electron chi connectivity index (χ2n) is 1.87. The molecule has 60 valence electrons. The van der Waals surface area contributed by atoms with E-state index in [1.165, 1.54) is 0 Å². The van der Waals surface area contributed by atoms with Crippen LogP contribution in [0.5, 0.6) is 0 Å². The van der Waals surface area contributed by atoms with Crippen molar-refractivity contribution in [2.24, 2.45) is 0 Å². The average molecular weight is 236 g/mol. The fraction of sp³-hybridized carbons (Fsp3) is 0.167. The summed E-state index contributed by atoms with van der Waals surface area (Å²) in [5.41, 5.74) is 0.751. The minimum Gasteiger partial charge on any atom is -0.305 e. The molecule has 1 rings (SSSR count). The van der Waals surface area contributed by atoms with E-state index in [2.05, 4.69) is 20.9 Å². The van der Waals surface area contributed by atoms with Crippen LogP contribution in [0.2, 0.25) is 0 Å². The van der Waals surface area contributed by atoms with E-state index in [0.717, 1.165) is 5.56 Å². The van der Waals surface area contributed by atoms with Gasteiger partial charge < -0.3 is 4.55 Å². The van der Waals surface area contributed by atoms with Gasteiger partial charge in [-0.15, -0.1) is 0 Å². The maximum Gasteiger partial charge on any atom is 0.171 e. The molecule has 1 N–H and O–H groups in total. The Labute approximate surface area is 75.3 Å². The van der Waals surface area contributed by atoms with Crippen LogP contribution in [0.25, 0.3) is 0 Å². The summed E-state index contributed by atoms with van der Waals surface area (Å²) in [5.74, 6) is 0. The molecule has 1 heterocycles. The molecule has 3 nitrogen and oxygen atoms in total. The maximum absolute atomic E-state index is 10.5. The Bertz CT molecular complexity index is 254. The average Bonchev–Trinajstić information content (AvgIpc) is 2.05. The van der Waals surface area contributed by atoms with E-state index in [0.29, 0.717) is 0 Å². The molecule has 5 heteroatoms. The lowest BCUT2D eigenvalue weighted by molar-refractivity contribution is 0.563. The molecular formula is C6H6BrNO2S. The van der Waals surface area contributed by atoms with Crippen LogP contribution in [0, 0.1) is 0 Å². The molecule has 11 heavy (non-hydrogen) atoms. The van der Waals surface area contributed by atoms with Gasteiger partial charge in [0.25, 0.3) is 0 Å². The van der Waals surface area contributed by atoms with Crippen LogP contribution in [0.4, 0.5) is 0 Å². The summed E-state index contributed by atoms with van der Waals surface area (Å²) in [6.07, 6.45) is 3.16. The standard InChI is InChI=1S/C6H6BrNO2S/c7-6(11(9)10)5-1-3-8-4-2-5/h1-4,6H,(H,9,10). The topological polar surface area (TPSA) is 50.2 Å². The fourth-order valence-corrected chi connectivity index (χ4v) is 1.33. The molecular weight excluding hydrogens is 230 g/mol. The van der Waals surface area contributed by atoms with Gasteiger partial charge in [-0.05, 0) is 17.7 Å². The Kier molecular flexibility index (Phi) is 3.16. The summed E-state index contributed by atoms with van der Waals surface area (Å²) < 4.78 is 18.7. The Hall–Kier alpha value is -0.260. The third-order valence-corrected chi connectivity index (χ3v) is 3.26. The molecule has 0 aliphatic carbocycles. The first kappa shape index (κ1) is 8.83. The molecule has 0 spiro atoms. The molecule has 0 aromatic carbocycles. The molecule has 0 aliphatic rings. The molecule has 0 aliphatic heterocycles. The van der Waals surface area contributed by atoms with Crippen LogP contribution >= 0.6 is 15.9 Å². The number of hydrogen-bond acceptors (Lipinski definition) is 2. The number of hydrogen-bond donors (Lipinski definition) is 1. The summed E-state index contributed by atoms with van der Waals surface area (Å²) in [6, 6.07) is 3.38. The van der Waals surface area contributed by atoms with Crippen molar-refractivity contribution in [3.05, 3.63) is 30.1 Å². The van der Waals surface area contributed by atoms with Crippen molar-refractivity contribution in [1.29, 1.82) is 0 Å². The first-order valence-corrected chi connectivity index (χ1v) is 4.94. The third-order valence-electron chi connectivity index (χ3n) is 1.15. The molecule has 0 saturated carbocycles. The highest BCUT2D eigenvalue weighted by Crippen LogP contribution is 2.24. The van der Waals surface area contributed by atoms with Crippen molar-refractivity contribution in [2.45, 2.75) is 4.16 Å². The predicted molar refractivity (Wildman–Crippen MR) is 46.7 cm³/mol. The van der Waals surface area contributed by atoms with Gasteiger partial charge in [0.1, 0.15) is 4.16 Å². The van der Waals surface area contributed by atoms with Crippen LogP contribution in [0.3, 0.4) is 0 Å². The number of nitrogens with zero attached hydrogens (tertiary/aromatic N) is 1. The number of rotatable bonds is 2. The number of halogens is 1. The molecule has 0 bridgehead atoms. The Morgan fingerprint density at radius 1 is 1.55 bits per heavy atom. The molecule has 0 fully saturated rings. The summed E-state index contributed by atoms with van der Waals surface area (Å²) in [5, 5.41) is 0. The van der Waals surface area contributed by atoms with Crippen LogP contribution in [0.1, 0.15) is 9.72 Å². The fourth-order valence-electron chi connectivity index (χ4n) is 0.631. The second kappa shape index (κ2) is 3.94. The second-order valence-corrected chi connectivity index (χ2v) is 4.42. The van der Waals surface area contributed by atoms with Gasteiger partial charge in [0, 0.05) is 12.4 Å². The van der Waals surface area contributed by atoms with Gasteiger partial charge in [-0.1, -0.05) is 15.9 Å². The van der Waals surface area contributed by atoms with Gasteiger partial charge >= 0.3 is 0 Å². The van der Waals surface area contributed by atoms with Crippen LogP contribution in [0.15, 0.2) is 24.5 Å². The van der Waals surface area contributed by atoms with E-state index in [1.54, 1.807) is 24.5 Å². The molecule has 2 atom stereocenters. The van der Waals surface area contributed by atoms with E-state index in [4.69, 9.17) is 4.55 Å². The zero-order valence-electron chi connectivity index (χ0n) is 5.48. The van der Waals surface area contributed by atoms with Crippen LogP contribution in [-0.4, -0.2) is 13.7 Å². The maximum atomic E-state index is 10.5. The van der Waals surface area contributed by atoms with E-state index in [1.807, 2.05) is 0 Å². The Morgan fingerprint density at radius 3 is 2.55 bits per heavy atom. The third kappa shape index (κ3) is 2.36. The van der Waals surface area contributed by atoms with Gasteiger partial charge in [-0.3, -0.25) is 4.98 Å². The summed E-state index contributed by atoms with van der Waals surface area (Å²) in [7, 11) is 0. The molecule has 0 saturated heterocycles. The quantitative estimate of drug-likeness (QED) is 0.628. The molecule has 0 radical (unpaired) electrons. The van der Waals surface area contributed by atoms with Crippen molar-refractivity contribution < 1.29 is 8.76 Å². The van der Waals surface area contributed by atoms with Gasteiger partial charge in [0.05, 0.1) is 0 Å². The van der Waals surface area contributed by atoms with E-state index in [9.17, 15) is 4.21 Å². The van der Waals surface area contributed by atoms with Crippen molar-refractivity contribution in [2.75, 3.05) is 0 Å². The normalized spacial score (nSPS) is 15.8. The van der Waals surface area contributed by atoms with Crippen LogP contribution in [-0.2, 0) is 11.1 Å². The Balaban J connectivity index is 2.85. The molecule has 1 aromatic rings. The smallest absolute Gasteiger partial charge is 0.171 e. The van der Waals surface area contributed by atoms with Crippen molar-refractivity contribution in [3.63, 3.8) is 0 Å². The first-order valence-electron chi connectivity index (χ1n) is 2.85. The number of alkyl halides is 1. The summed E-state index contributed by atoms with van der Waals surface area (Å²) in [4.78, 5) is 3.79. The first-order chi connectivity index (χ1) is 5.22. The van der Waals surface area contributed by atoms with Crippen molar-refractivity contribution >= 4 is 27.0 Å². The van der Waals surface area contributed by atoms with Crippen molar-refractivity contribution in [1.82, 2.24) is 4.98 Å². The Morgan fingerprint density at radius 2 is 2.09 bits per heavy atom. The van der Waals surface area contributed by atoms with E-state index < -0.39 is 15.2 Å². The SMILES string of the molecule is O=S(O)C(Br)c1ccncc1. The lowest BCUT2D eigenvalue weighted by Gasteiger charge is -2.02. The van der Waals surface area contributed by atoms with Gasteiger partial charge in [0.2, 0.25) is 0 Å². The minimum atomic E-state index is -1.87. The van der Waals surface area contributed by atoms with Gasteiger partial charge in [-0.25, -0.2) is 4.21 Å². The summed E-state index contributed by atoms with van der Waals surface area (Å²) >= 11 is 1.20. The zero-order chi connectivity index (χ0) is 8.27. The highest BCUT2D eigenvalue weighted by molar-refractivity contribution is 9.10. The van der Waals surface area contributed by atoms with Gasteiger partial charge in [-0.2, -0.15) is 0 Å². The zero-order valence-corrected chi connectivity index (χ0v) is 7.88. The summed E-state index contributed by atoms with van der Waals surface area (Å²) in [6.45, 7) is 0. The number of aromatic nitrogens is 1. The van der Waals surface area contributed by atoms with E-state index >= 15 is 0 Å². The monoisotopic (exact) mass is 235 g/mol. The lowest BCUT2D eigenvalue weighted by atomic mass is 10.3. The highest BCUT2D eigenvalue weighted by atomic mass is 79.9. The van der Waals surface area contributed by atoms with Gasteiger partial charge in [0.15, 0.2) is 11.1 Å². The predicted octanol–water partition coefficient (Wildman–Crippen LogP) is 1.70.